The van der Waals surface area contributed by atoms with Crippen LogP contribution in [0.25, 0.3) is 0 Å². The Labute approximate surface area is 242 Å². The fourth-order valence-corrected chi connectivity index (χ4v) is 3.92. The number of thiol groups is 1. The van der Waals surface area contributed by atoms with E-state index in [4.69, 9.17) is 31.6 Å². The number of ether oxygens (including phenoxy) is 4. The van der Waals surface area contributed by atoms with Gasteiger partial charge < -0.3 is 18.9 Å². The summed E-state index contributed by atoms with van der Waals surface area (Å²) in [5.74, 6) is -2.81. The van der Waals surface area contributed by atoms with Crippen molar-refractivity contribution in [2.24, 2.45) is 16.2 Å². The Bertz CT molecular complexity index is 771. The molecule has 39 heavy (non-hydrogen) atoms. The summed E-state index contributed by atoms with van der Waals surface area (Å²) in [6, 6.07) is 0. The molecule has 0 aliphatic rings. The number of carbonyl (C=O) groups excluding carboxylic acids is 4. The second kappa shape index (κ2) is 17.3. The SMILES string of the molecule is CC(C)OCCC(C)(C)CCC(C)(S)CCOC(=O)C(=O)OCCC(C)(C)CCC(C)(C)CCOC(=O)C=O. The smallest absolute Gasteiger partial charge is 0.417 e. The van der Waals surface area contributed by atoms with E-state index >= 15 is 0 Å². The van der Waals surface area contributed by atoms with Gasteiger partial charge in [-0.3, -0.25) is 4.79 Å². The third kappa shape index (κ3) is 20.0. The number of carbonyl (C=O) groups is 4. The van der Waals surface area contributed by atoms with E-state index in [1.165, 1.54) is 0 Å². The van der Waals surface area contributed by atoms with Gasteiger partial charge in [0.1, 0.15) is 0 Å². The lowest BCUT2D eigenvalue weighted by atomic mass is 9.76. The van der Waals surface area contributed by atoms with Gasteiger partial charge in [-0.1, -0.05) is 48.5 Å². The van der Waals surface area contributed by atoms with Crippen LogP contribution in [0.3, 0.4) is 0 Å². The first-order valence-electron chi connectivity index (χ1n) is 14.1. The molecule has 0 rings (SSSR count). The quantitative estimate of drug-likeness (QED) is 0.0609. The lowest BCUT2D eigenvalue weighted by Crippen LogP contribution is -2.27. The Morgan fingerprint density at radius 3 is 1.44 bits per heavy atom. The summed E-state index contributed by atoms with van der Waals surface area (Å²) in [6.07, 6.45) is 6.64. The lowest BCUT2D eigenvalue weighted by Gasteiger charge is -2.31. The maximum Gasteiger partial charge on any atom is 0.417 e. The molecular weight excluding hydrogens is 520 g/mol. The fourth-order valence-electron chi connectivity index (χ4n) is 3.72. The number of hydrogen-bond acceptors (Lipinski definition) is 9. The molecule has 8 nitrogen and oxygen atoms in total. The zero-order valence-electron chi connectivity index (χ0n) is 25.9. The molecule has 0 saturated heterocycles. The van der Waals surface area contributed by atoms with Crippen molar-refractivity contribution in [1.29, 1.82) is 0 Å². The summed E-state index contributed by atoms with van der Waals surface area (Å²) in [5, 5.41) is 0. The van der Waals surface area contributed by atoms with Crippen molar-refractivity contribution >= 4 is 36.8 Å². The minimum Gasteiger partial charge on any atom is -0.460 e. The van der Waals surface area contributed by atoms with Gasteiger partial charge in [-0.25, -0.2) is 14.4 Å². The monoisotopic (exact) mass is 574 g/mol. The van der Waals surface area contributed by atoms with Gasteiger partial charge in [-0.2, -0.15) is 12.6 Å². The summed E-state index contributed by atoms with van der Waals surface area (Å²) in [7, 11) is 0. The van der Waals surface area contributed by atoms with E-state index in [2.05, 4.69) is 41.5 Å². The summed E-state index contributed by atoms with van der Waals surface area (Å²) in [6.45, 7) is 20.0. The Kier molecular flexibility index (Phi) is 16.5. The van der Waals surface area contributed by atoms with Crippen LogP contribution >= 0.6 is 12.6 Å². The van der Waals surface area contributed by atoms with Crippen molar-refractivity contribution < 1.29 is 38.1 Å². The molecule has 0 saturated carbocycles. The molecule has 1 atom stereocenters. The maximum absolute atomic E-state index is 12.1. The topological polar surface area (TPSA) is 105 Å². The van der Waals surface area contributed by atoms with Crippen LogP contribution in [0.5, 0.6) is 0 Å². The second-order valence-corrected chi connectivity index (χ2v) is 14.5. The first kappa shape index (κ1) is 37.4. The molecule has 0 aromatic carbocycles. The Balaban J connectivity index is 4.31. The highest BCUT2D eigenvalue weighted by atomic mass is 32.1. The lowest BCUT2D eigenvalue weighted by molar-refractivity contribution is -0.168. The maximum atomic E-state index is 12.1. The largest absolute Gasteiger partial charge is 0.460 e. The normalized spacial score (nSPS) is 14.0. The molecule has 0 heterocycles. The predicted octanol–water partition coefficient (Wildman–Crippen LogP) is 6.13. The van der Waals surface area contributed by atoms with Gasteiger partial charge in [-0.15, -0.1) is 0 Å². The molecule has 1 unspecified atom stereocenters. The summed E-state index contributed by atoms with van der Waals surface area (Å²) >= 11 is 4.76. The van der Waals surface area contributed by atoms with Gasteiger partial charge in [0.2, 0.25) is 6.29 Å². The second-order valence-electron chi connectivity index (χ2n) is 13.5. The van der Waals surface area contributed by atoms with Gasteiger partial charge in [0, 0.05) is 11.4 Å². The van der Waals surface area contributed by atoms with Crippen LogP contribution < -0.4 is 0 Å². The van der Waals surface area contributed by atoms with Crippen molar-refractivity contribution in [3.05, 3.63) is 0 Å². The Hall–Kier alpha value is -1.61. The predicted molar refractivity (Wildman–Crippen MR) is 156 cm³/mol. The summed E-state index contributed by atoms with van der Waals surface area (Å²) in [4.78, 5) is 45.5. The van der Waals surface area contributed by atoms with Crippen LogP contribution in [-0.4, -0.2) is 61.5 Å². The molecule has 0 fully saturated rings. The number of aldehydes is 1. The first-order chi connectivity index (χ1) is 17.8. The molecule has 0 aliphatic heterocycles. The van der Waals surface area contributed by atoms with E-state index in [1.807, 2.05) is 20.8 Å². The van der Waals surface area contributed by atoms with Crippen LogP contribution in [0, 0.1) is 16.2 Å². The fraction of sp³-hybridized carbons (Fsp3) is 0.867. The third-order valence-electron chi connectivity index (χ3n) is 7.22. The average Bonchev–Trinajstić information content (AvgIpc) is 2.81. The molecule has 0 aliphatic carbocycles. The number of rotatable bonds is 20. The molecule has 0 bridgehead atoms. The van der Waals surface area contributed by atoms with E-state index in [1.54, 1.807) is 0 Å². The van der Waals surface area contributed by atoms with Crippen molar-refractivity contribution in [2.75, 3.05) is 26.4 Å². The van der Waals surface area contributed by atoms with E-state index in [-0.39, 0.29) is 53.2 Å². The van der Waals surface area contributed by atoms with Crippen LogP contribution in [0.2, 0.25) is 0 Å². The van der Waals surface area contributed by atoms with E-state index in [0.29, 0.717) is 19.3 Å². The van der Waals surface area contributed by atoms with E-state index in [9.17, 15) is 19.2 Å². The molecule has 0 amide bonds. The summed E-state index contributed by atoms with van der Waals surface area (Å²) < 4.78 is 20.5. The van der Waals surface area contributed by atoms with Gasteiger partial charge in [0.05, 0.1) is 25.9 Å². The first-order valence-corrected chi connectivity index (χ1v) is 14.5. The van der Waals surface area contributed by atoms with Crippen molar-refractivity contribution in [2.45, 2.75) is 125 Å². The van der Waals surface area contributed by atoms with Crippen LogP contribution in [-0.2, 0) is 38.1 Å². The minimum atomic E-state index is -0.978. The zero-order chi connectivity index (χ0) is 30.3. The summed E-state index contributed by atoms with van der Waals surface area (Å²) in [5.41, 5.74) is -0.0847. The molecular formula is C30H54O8S. The van der Waals surface area contributed by atoms with Crippen molar-refractivity contribution in [3.8, 4) is 0 Å². The molecule has 0 radical (unpaired) electrons. The van der Waals surface area contributed by atoms with Gasteiger partial charge in [0.25, 0.3) is 0 Å². The van der Waals surface area contributed by atoms with Gasteiger partial charge >= 0.3 is 17.9 Å². The van der Waals surface area contributed by atoms with Crippen LogP contribution in [0.1, 0.15) is 114 Å². The highest BCUT2D eigenvalue weighted by Crippen LogP contribution is 2.36. The Morgan fingerprint density at radius 2 is 1.00 bits per heavy atom. The van der Waals surface area contributed by atoms with Crippen molar-refractivity contribution in [3.63, 3.8) is 0 Å². The number of esters is 3. The van der Waals surface area contributed by atoms with Gasteiger partial charge in [-0.05, 0) is 81.5 Å². The average molecular weight is 575 g/mol. The van der Waals surface area contributed by atoms with E-state index in [0.717, 1.165) is 38.7 Å². The van der Waals surface area contributed by atoms with E-state index < -0.39 is 17.9 Å². The number of hydrogen-bond donors (Lipinski definition) is 1. The molecule has 228 valence electrons. The Morgan fingerprint density at radius 1 is 0.615 bits per heavy atom. The van der Waals surface area contributed by atoms with Gasteiger partial charge in [0.15, 0.2) is 0 Å². The zero-order valence-corrected chi connectivity index (χ0v) is 26.7. The molecule has 0 N–H and O–H groups in total. The standard InChI is InChI=1S/C30H54O8S/c1-23(2)35-18-14-29(7,8)12-13-30(9,39)17-21-38-26(34)25(33)37-20-16-28(5,6)11-10-27(3,4)15-19-36-24(32)22-31/h22-23,39H,10-21H2,1-9H3. The third-order valence-corrected chi connectivity index (χ3v) is 7.67. The highest BCUT2D eigenvalue weighted by Gasteiger charge is 2.28. The van der Waals surface area contributed by atoms with Crippen molar-refractivity contribution in [1.82, 2.24) is 0 Å². The molecule has 9 heteroatoms. The molecule has 0 aromatic heterocycles. The van der Waals surface area contributed by atoms with Crippen LogP contribution in [0.15, 0.2) is 0 Å². The minimum absolute atomic E-state index is 0.0830. The molecule has 0 spiro atoms. The highest BCUT2D eigenvalue weighted by molar-refractivity contribution is 7.81. The molecule has 0 aromatic rings. The van der Waals surface area contributed by atoms with Crippen LogP contribution in [0.4, 0.5) is 0 Å².